The molecule has 6 nitrogen and oxygen atoms in total. The first-order valence-corrected chi connectivity index (χ1v) is 7.25. The first-order chi connectivity index (χ1) is 8.86. The van der Waals surface area contributed by atoms with E-state index in [1.165, 1.54) is 11.8 Å². The van der Waals surface area contributed by atoms with Crippen LogP contribution in [-0.2, 0) is 16.8 Å². The number of thioether (sulfide) groups is 1. The number of aliphatic hydroxyl groups is 1. The second-order valence-electron chi connectivity index (χ2n) is 5.27. The molecule has 0 aliphatic carbocycles. The summed E-state index contributed by atoms with van der Waals surface area (Å²) >= 11 is 1.18. The number of aliphatic carboxylic acids is 1. The zero-order valence-electron chi connectivity index (χ0n) is 11.6. The molecular formula is C12H21N3O3S. The van der Waals surface area contributed by atoms with E-state index in [0.717, 1.165) is 25.1 Å². The van der Waals surface area contributed by atoms with Crippen LogP contribution in [0.15, 0.2) is 5.16 Å². The van der Waals surface area contributed by atoms with Gasteiger partial charge in [-0.15, -0.1) is 10.2 Å². The average molecular weight is 287 g/mol. The summed E-state index contributed by atoms with van der Waals surface area (Å²) in [5.41, 5.74) is -0.196. The molecule has 7 heteroatoms. The van der Waals surface area contributed by atoms with E-state index in [1.54, 1.807) is 0 Å². The number of carboxylic acid groups (broad SMARTS) is 1. The lowest BCUT2D eigenvalue weighted by Gasteiger charge is -2.24. The maximum atomic E-state index is 10.6. The van der Waals surface area contributed by atoms with Crippen molar-refractivity contribution < 1.29 is 15.0 Å². The molecule has 1 aromatic heterocycles. The molecule has 0 spiro atoms. The van der Waals surface area contributed by atoms with E-state index >= 15 is 0 Å². The molecule has 0 fully saturated rings. The van der Waals surface area contributed by atoms with Gasteiger partial charge in [-0.2, -0.15) is 0 Å². The molecule has 108 valence electrons. The van der Waals surface area contributed by atoms with Crippen LogP contribution in [0, 0.1) is 0 Å². The molecule has 0 amide bonds. The zero-order valence-corrected chi connectivity index (χ0v) is 12.4. The molecular weight excluding hydrogens is 266 g/mol. The molecule has 0 unspecified atom stereocenters. The van der Waals surface area contributed by atoms with Crippen LogP contribution < -0.4 is 0 Å². The lowest BCUT2D eigenvalue weighted by atomic mass is 10.1. The number of carboxylic acids is 1. The van der Waals surface area contributed by atoms with E-state index in [0.29, 0.717) is 5.16 Å². The smallest absolute Gasteiger partial charge is 0.313 e. The van der Waals surface area contributed by atoms with Gasteiger partial charge in [-0.25, -0.2) is 0 Å². The minimum atomic E-state index is -0.865. The summed E-state index contributed by atoms with van der Waals surface area (Å²) in [6.07, 6.45) is 2.31. The van der Waals surface area contributed by atoms with Crippen LogP contribution in [-0.4, -0.2) is 43.3 Å². The minimum absolute atomic E-state index is 0.0230. The van der Waals surface area contributed by atoms with E-state index in [2.05, 4.69) is 10.2 Å². The Morgan fingerprint density at radius 2 is 2.00 bits per heavy atom. The Bertz CT molecular complexity index is 426. The first-order valence-electron chi connectivity index (χ1n) is 6.26. The maximum absolute atomic E-state index is 10.6. The normalized spacial score (nSPS) is 11.8. The highest BCUT2D eigenvalue weighted by Gasteiger charge is 2.23. The van der Waals surface area contributed by atoms with E-state index in [1.807, 2.05) is 25.3 Å². The minimum Gasteiger partial charge on any atom is -0.481 e. The summed E-state index contributed by atoms with van der Waals surface area (Å²) in [4.78, 5) is 10.6. The number of carbonyl (C=O) groups is 1. The highest BCUT2D eigenvalue weighted by molar-refractivity contribution is 7.99. The van der Waals surface area contributed by atoms with Crippen molar-refractivity contribution in [2.75, 3.05) is 12.4 Å². The number of aryl methyl sites for hydroxylation is 1. The molecule has 1 aromatic rings. The number of aromatic nitrogens is 3. The Balaban J connectivity index is 2.89. The van der Waals surface area contributed by atoms with Gasteiger partial charge in [0.05, 0.1) is 5.75 Å². The highest BCUT2D eigenvalue weighted by Crippen LogP contribution is 2.26. The van der Waals surface area contributed by atoms with Gasteiger partial charge in [0.15, 0.2) is 5.16 Å². The number of nitrogens with zero attached hydrogens (tertiary/aromatic N) is 3. The Kier molecular flexibility index (Phi) is 5.81. The lowest BCUT2D eigenvalue weighted by molar-refractivity contribution is -0.133. The monoisotopic (exact) mass is 287 g/mol. The van der Waals surface area contributed by atoms with Crippen molar-refractivity contribution >= 4 is 17.7 Å². The van der Waals surface area contributed by atoms with Gasteiger partial charge in [0.2, 0.25) is 0 Å². The first kappa shape index (κ1) is 16.0. The molecule has 0 aromatic carbocycles. The maximum Gasteiger partial charge on any atom is 0.313 e. The van der Waals surface area contributed by atoms with Crippen LogP contribution in [0.5, 0.6) is 0 Å². The van der Waals surface area contributed by atoms with Crippen molar-refractivity contribution in [1.29, 1.82) is 0 Å². The van der Waals surface area contributed by atoms with Gasteiger partial charge in [0.1, 0.15) is 5.82 Å². The number of rotatable bonds is 7. The van der Waals surface area contributed by atoms with Gasteiger partial charge < -0.3 is 14.8 Å². The van der Waals surface area contributed by atoms with E-state index in [4.69, 9.17) is 10.2 Å². The second-order valence-corrected chi connectivity index (χ2v) is 6.21. The van der Waals surface area contributed by atoms with E-state index in [9.17, 15) is 4.79 Å². The number of aliphatic hydroxyl groups excluding tert-OH is 1. The molecule has 2 N–H and O–H groups in total. The third-order valence-electron chi connectivity index (χ3n) is 2.50. The van der Waals surface area contributed by atoms with Crippen molar-refractivity contribution in [3.05, 3.63) is 5.82 Å². The molecule has 0 aliphatic rings. The lowest BCUT2D eigenvalue weighted by Crippen LogP contribution is -2.25. The molecule has 19 heavy (non-hydrogen) atoms. The number of hydrogen-bond acceptors (Lipinski definition) is 5. The van der Waals surface area contributed by atoms with Crippen molar-refractivity contribution in [3.63, 3.8) is 0 Å². The van der Waals surface area contributed by atoms with Gasteiger partial charge in [0.25, 0.3) is 0 Å². The van der Waals surface area contributed by atoms with E-state index < -0.39 is 5.97 Å². The third kappa shape index (κ3) is 4.83. The van der Waals surface area contributed by atoms with Crippen molar-refractivity contribution in [2.24, 2.45) is 0 Å². The van der Waals surface area contributed by atoms with Crippen molar-refractivity contribution in [3.8, 4) is 0 Å². The quantitative estimate of drug-likeness (QED) is 0.584. The van der Waals surface area contributed by atoms with Crippen LogP contribution >= 0.6 is 11.8 Å². The largest absolute Gasteiger partial charge is 0.481 e. The fraction of sp³-hybridized carbons (Fsp3) is 0.750. The predicted octanol–water partition coefficient (Wildman–Crippen LogP) is 1.52. The molecule has 0 atom stereocenters. The molecule has 0 aliphatic heterocycles. The molecule has 1 heterocycles. The third-order valence-corrected chi connectivity index (χ3v) is 3.42. The fourth-order valence-electron chi connectivity index (χ4n) is 1.75. The summed E-state index contributed by atoms with van der Waals surface area (Å²) in [6.45, 7) is 6.29. The Morgan fingerprint density at radius 1 is 1.32 bits per heavy atom. The van der Waals surface area contributed by atoms with Gasteiger partial charge in [-0.1, -0.05) is 11.8 Å². The summed E-state index contributed by atoms with van der Waals surface area (Å²) in [7, 11) is 0. The number of hydrogen-bond donors (Lipinski definition) is 2. The summed E-state index contributed by atoms with van der Waals surface area (Å²) in [5, 5.41) is 26.4. The standard InChI is InChI=1S/C12H21N3O3S/c1-12(2,3)15-9(6-4-5-7-16)13-14-11(15)19-8-10(17)18/h16H,4-8H2,1-3H3,(H,17,18). The van der Waals surface area contributed by atoms with Gasteiger partial charge in [-0.05, 0) is 33.6 Å². The van der Waals surface area contributed by atoms with Gasteiger partial charge >= 0.3 is 5.97 Å². The fourth-order valence-corrected chi connectivity index (χ4v) is 2.61. The van der Waals surface area contributed by atoms with E-state index in [-0.39, 0.29) is 17.9 Å². The van der Waals surface area contributed by atoms with Crippen LogP contribution in [0.3, 0.4) is 0 Å². The van der Waals surface area contributed by atoms with Crippen LogP contribution in [0.2, 0.25) is 0 Å². The van der Waals surface area contributed by atoms with Crippen LogP contribution in [0.4, 0.5) is 0 Å². The Hall–Kier alpha value is -1.08. The topological polar surface area (TPSA) is 88.2 Å². The van der Waals surface area contributed by atoms with Crippen molar-refractivity contribution in [2.45, 2.75) is 50.7 Å². The molecule has 1 rings (SSSR count). The van der Waals surface area contributed by atoms with Crippen molar-refractivity contribution in [1.82, 2.24) is 14.8 Å². The van der Waals surface area contributed by atoms with Gasteiger partial charge in [-0.3, -0.25) is 4.79 Å². The molecule has 0 radical (unpaired) electrons. The molecule has 0 saturated heterocycles. The average Bonchev–Trinajstić information content (AvgIpc) is 2.69. The molecule has 0 saturated carbocycles. The Morgan fingerprint density at radius 3 is 2.53 bits per heavy atom. The van der Waals surface area contributed by atoms with Crippen LogP contribution in [0.1, 0.15) is 39.4 Å². The SMILES string of the molecule is CC(C)(C)n1c(CCCCO)nnc1SCC(=O)O. The summed E-state index contributed by atoms with van der Waals surface area (Å²) in [6, 6.07) is 0. The zero-order chi connectivity index (χ0) is 14.5. The second kappa shape index (κ2) is 6.91. The predicted molar refractivity (Wildman–Crippen MR) is 73.4 cm³/mol. The van der Waals surface area contributed by atoms with Crippen LogP contribution in [0.25, 0.3) is 0 Å². The Labute approximate surface area is 117 Å². The summed E-state index contributed by atoms with van der Waals surface area (Å²) in [5.74, 6) is -0.0469. The highest BCUT2D eigenvalue weighted by atomic mass is 32.2. The molecule has 0 bridgehead atoms. The van der Waals surface area contributed by atoms with Gasteiger partial charge in [0, 0.05) is 18.6 Å². The number of unbranched alkanes of at least 4 members (excludes halogenated alkanes) is 1. The summed E-state index contributed by atoms with van der Waals surface area (Å²) < 4.78 is 1.98.